The van der Waals surface area contributed by atoms with Gasteiger partial charge >= 0.3 is 0 Å². The number of phenolic OH excluding ortho intramolecular Hbond substituents is 1. The summed E-state index contributed by atoms with van der Waals surface area (Å²) in [6, 6.07) is 5.92. The van der Waals surface area contributed by atoms with Crippen molar-refractivity contribution in [2.45, 2.75) is 46.1 Å². The standard InChI is InChI=1S/C19H25NO4/c1-4-5-10-20-17(13-8-6-7-9-14(13)21)16(18(23)19(20)24)15(22)11-12(2)3/h6-9,12,17,21,23H,4-5,10-11H2,1-3H3. The average Bonchev–Trinajstić information content (AvgIpc) is 2.77. The summed E-state index contributed by atoms with van der Waals surface area (Å²) >= 11 is 0. The Morgan fingerprint density at radius 1 is 1.25 bits per heavy atom. The zero-order valence-corrected chi connectivity index (χ0v) is 14.5. The van der Waals surface area contributed by atoms with Gasteiger partial charge in [0.25, 0.3) is 5.91 Å². The number of benzene rings is 1. The molecule has 0 aliphatic carbocycles. The van der Waals surface area contributed by atoms with Gasteiger partial charge in [0.05, 0.1) is 11.6 Å². The summed E-state index contributed by atoms with van der Waals surface area (Å²) in [5.74, 6) is -1.14. The van der Waals surface area contributed by atoms with E-state index in [4.69, 9.17) is 0 Å². The van der Waals surface area contributed by atoms with Crippen LogP contribution in [0.15, 0.2) is 35.6 Å². The van der Waals surface area contributed by atoms with Crippen molar-refractivity contribution in [1.29, 1.82) is 0 Å². The molecule has 1 atom stereocenters. The number of aliphatic hydroxyl groups excluding tert-OH is 1. The number of aliphatic hydroxyl groups is 1. The topological polar surface area (TPSA) is 77.8 Å². The Labute approximate surface area is 142 Å². The van der Waals surface area contributed by atoms with Crippen LogP contribution in [0.4, 0.5) is 0 Å². The summed E-state index contributed by atoms with van der Waals surface area (Å²) in [5, 5.41) is 20.5. The monoisotopic (exact) mass is 331 g/mol. The lowest BCUT2D eigenvalue weighted by molar-refractivity contribution is -0.129. The maximum absolute atomic E-state index is 12.6. The van der Waals surface area contributed by atoms with Gasteiger partial charge in [-0.05, 0) is 18.4 Å². The molecule has 24 heavy (non-hydrogen) atoms. The third kappa shape index (κ3) is 3.45. The Morgan fingerprint density at radius 3 is 2.50 bits per heavy atom. The molecule has 1 aliphatic rings. The first kappa shape index (κ1) is 18.0. The second-order valence-electron chi connectivity index (χ2n) is 6.60. The van der Waals surface area contributed by atoms with Gasteiger partial charge in [0.15, 0.2) is 11.5 Å². The minimum atomic E-state index is -0.725. The predicted octanol–water partition coefficient (Wildman–Crippen LogP) is 3.50. The largest absolute Gasteiger partial charge is 0.508 e. The Hall–Kier alpha value is -2.30. The van der Waals surface area contributed by atoms with Crippen LogP contribution in [-0.2, 0) is 9.59 Å². The summed E-state index contributed by atoms with van der Waals surface area (Å²) in [6.07, 6.45) is 1.89. The van der Waals surface area contributed by atoms with Gasteiger partial charge in [-0.15, -0.1) is 0 Å². The van der Waals surface area contributed by atoms with Gasteiger partial charge in [-0.2, -0.15) is 0 Å². The van der Waals surface area contributed by atoms with E-state index in [1.165, 1.54) is 11.0 Å². The summed E-state index contributed by atoms with van der Waals surface area (Å²) in [4.78, 5) is 26.6. The van der Waals surface area contributed by atoms with Crippen LogP contribution in [0.5, 0.6) is 5.75 Å². The third-order valence-corrected chi connectivity index (χ3v) is 4.18. The van der Waals surface area contributed by atoms with Crippen LogP contribution in [0.25, 0.3) is 0 Å². The maximum atomic E-state index is 12.6. The second-order valence-corrected chi connectivity index (χ2v) is 6.60. The van der Waals surface area contributed by atoms with E-state index in [2.05, 4.69) is 0 Å². The first-order chi connectivity index (χ1) is 11.4. The number of para-hydroxylation sites is 1. The number of aromatic hydroxyl groups is 1. The van der Waals surface area contributed by atoms with E-state index in [9.17, 15) is 19.8 Å². The van der Waals surface area contributed by atoms with E-state index in [-0.39, 0.29) is 29.4 Å². The Balaban J connectivity index is 2.50. The minimum absolute atomic E-state index is 0.0151. The van der Waals surface area contributed by atoms with Crippen molar-refractivity contribution in [2.24, 2.45) is 5.92 Å². The van der Waals surface area contributed by atoms with Crippen molar-refractivity contribution in [3.8, 4) is 5.75 Å². The Kier molecular flexibility index (Phi) is 5.65. The quantitative estimate of drug-likeness (QED) is 0.801. The minimum Gasteiger partial charge on any atom is -0.508 e. The molecule has 0 aromatic heterocycles. The number of carbonyl (C=O) groups excluding carboxylic acids is 2. The van der Waals surface area contributed by atoms with Crippen molar-refractivity contribution in [3.05, 3.63) is 41.2 Å². The Bertz CT molecular complexity index is 663. The van der Waals surface area contributed by atoms with Crippen LogP contribution in [-0.4, -0.2) is 33.3 Å². The van der Waals surface area contributed by atoms with Crippen molar-refractivity contribution in [3.63, 3.8) is 0 Å². The highest BCUT2D eigenvalue weighted by Crippen LogP contribution is 2.41. The second kappa shape index (κ2) is 7.51. The molecule has 0 fully saturated rings. The van der Waals surface area contributed by atoms with Crippen LogP contribution >= 0.6 is 0 Å². The van der Waals surface area contributed by atoms with Gasteiger partial charge in [0.2, 0.25) is 0 Å². The molecule has 0 saturated carbocycles. The molecule has 1 aromatic rings. The maximum Gasteiger partial charge on any atom is 0.290 e. The molecule has 5 nitrogen and oxygen atoms in total. The molecule has 0 radical (unpaired) electrons. The van der Waals surface area contributed by atoms with Crippen LogP contribution in [0.1, 0.15) is 51.6 Å². The van der Waals surface area contributed by atoms with Crippen molar-refractivity contribution in [2.75, 3.05) is 6.54 Å². The molecule has 0 saturated heterocycles. The summed E-state index contributed by atoms with van der Waals surface area (Å²) in [5.41, 5.74) is 0.574. The number of amides is 1. The number of Topliss-reactive ketones (excluding diaryl/α,β-unsaturated/α-hetero) is 1. The van der Waals surface area contributed by atoms with Gasteiger partial charge in [-0.25, -0.2) is 0 Å². The fraction of sp³-hybridized carbons (Fsp3) is 0.474. The van der Waals surface area contributed by atoms with E-state index in [0.29, 0.717) is 12.1 Å². The van der Waals surface area contributed by atoms with Crippen molar-refractivity contribution in [1.82, 2.24) is 4.90 Å². The normalized spacial score (nSPS) is 17.9. The van der Waals surface area contributed by atoms with Gasteiger partial charge in [-0.1, -0.05) is 45.4 Å². The zero-order valence-electron chi connectivity index (χ0n) is 14.5. The van der Waals surface area contributed by atoms with E-state index in [0.717, 1.165) is 12.8 Å². The van der Waals surface area contributed by atoms with E-state index < -0.39 is 17.7 Å². The summed E-state index contributed by atoms with van der Waals surface area (Å²) in [7, 11) is 0. The highest BCUT2D eigenvalue weighted by atomic mass is 16.3. The molecule has 1 unspecified atom stereocenters. The highest BCUT2D eigenvalue weighted by molar-refractivity contribution is 6.09. The predicted molar refractivity (Wildman–Crippen MR) is 91.6 cm³/mol. The van der Waals surface area contributed by atoms with Crippen LogP contribution in [0.3, 0.4) is 0 Å². The molecule has 5 heteroatoms. The fourth-order valence-corrected chi connectivity index (χ4v) is 3.02. The first-order valence-corrected chi connectivity index (χ1v) is 8.43. The number of rotatable bonds is 7. The van der Waals surface area contributed by atoms with E-state index in [1.807, 2.05) is 20.8 Å². The number of hydrogen-bond acceptors (Lipinski definition) is 4. The lowest BCUT2D eigenvalue weighted by Crippen LogP contribution is -2.32. The molecule has 1 amide bonds. The SMILES string of the molecule is CCCCN1C(=O)C(O)=C(C(=O)CC(C)C)C1c1ccccc1O. The van der Waals surface area contributed by atoms with E-state index >= 15 is 0 Å². The number of unbranched alkanes of at least 4 members (excludes halogenated alkanes) is 1. The molecule has 0 bridgehead atoms. The van der Waals surface area contributed by atoms with E-state index in [1.54, 1.807) is 18.2 Å². The third-order valence-electron chi connectivity index (χ3n) is 4.18. The molecule has 130 valence electrons. The number of hydrogen-bond donors (Lipinski definition) is 2. The van der Waals surface area contributed by atoms with Crippen molar-refractivity contribution >= 4 is 11.7 Å². The lowest BCUT2D eigenvalue weighted by atomic mass is 9.91. The molecular weight excluding hydrogens is 306 g/mol. The number of carbonyl (C=O) groups is 2. The highest BCUT2D eigenvalue weighted by Gasteiger charge is 2.43. The smallest absolute Gasteiger partial charge is 0.290 e. The molecule has 1 heterocycles. The number of phenols is 1. The first-order valence-electron chi connectivity index (χ1n) is 8.43. The van der Waals surface area contributed by atoms with Crippen LogP contribution < -0.4 is 0 Å². The molecule has 0 spiro atoms. The lowest BCUT2D eigenvalue weighted by Gasteiger charge is -2.27. The van der Waals surface area contributed by atoms with Crippen LogP contribution in [0.2, 0.25) is 0 Å². The number of ketones is 1. The van der Waals surface area contributed by atoms with Gasteiger partial charge < -0.3 is 15.1 Å². The molecule has 1 aromatic carbocycles. The average molecular weight is 331 g/mol. The van der Waals surface area contributed by atoms with Gasteiger partial charge in [0, 0.05) is 18.5 Å². The van der Waals surface area contributed by atoms with Crippen LogP contribution in [0, 0.1) is 5.92 Å². The number of nitrogens with zero attached hydrogens (tertiary/aromatic N) is 1. The summed E-state index contributed by atoms with van der Waals surface area (Å²) in [6.45, 7) is 6.26. The Morgan fingerprint density at radius 2 is 1.92 bits per heavy atom. The van der Waals surface area contributed by atoms with Gasteiger partial charge in [0.1, 0.15) is 5.75 Å². The fourth-order valence-electron chi connectivity index (χ4n) is 3.02. The molecule has 2 N–H and O–H groups in total. The molecular formula is C19H25NO4. The molecule has 2 rings (SSSR count). The van der Waals surface area contributed by atoms with Crippen molar-refractivity contribution < 1.29 is 19.8 Å². The molecule has 1 aliphatic heterocycles. The van der Waals surface area contributed by atoms with Gasteiger partial charge in [-0.3, -0.25) is 9.59 Å². The summed E-state index contributed by atoms with van der Waals surface area (Å²) < 4.78 is 0. The zero-order chi connectivity index (χ0) is 17.9.